The van der Waals surface area contributed by atoms with Crippen molar-refractivity contribution in [3.8, 4) is 0 Å². The molecule has 0 spiro atoms. The number of hydrogen-bond acceptors (Lipinski definition) is 5. The van der Waals surface area contributed by atoms with Crippen LogP contribution in [0.1, 0.15) is 10.4 Å². The number of rotatable bonds is 4. The summed E-state index contributed by atoms with van der Waals surface area (Å²) in [5.41, 5.74) is 0.0287. The Labute approximate surface area is 150 Å². The van der Waals surface area contributed by atoms with Crippen LogP contribution in [0.2, 0.25) is 0 Å². The molecule has 0 N–H and O–H groups in total. The maximum absolute atomic E-state index is 12.7. The van der Waals surface area contributed by atoms with Crippen molar-refractivity contribution >= 4 is 16.9 Å². The van der Waals surface area contributed by atoms with E-state index in [0.29, 0.717) is 18.7 Å². The smallest absolute Gasteiger partial charge is 0.349 e. The highest BCUT2D eigenvalue weighted by molar-refractivity contribution is 5.96. The van der Waals surface area contributed by atoms with Gasteiger partial charge in [-0.1, -0.05) is 18.2 Å². The molecule has 1 aromatic carbocycles. The number of aromatic nitrogens is 2. The van der Waals surface area contributed by atoms with Crippen molar-refractivity contribution in [3.05, 3.63) is 64.8 Å². The Morgan fingerprint density at radius 3 is 2.65 bits per heavy atom. The van der Waals surface area contributed by atoms with E-state index in [0.717, 1.165) is 31.6 Å². The van der Waals surface area contributed by atoms with Crippen molar-refractivity contribution in [2.45, 2.75) is 6.54 Å². The van der Waals surface area contributed by atoms with Gasteiger partial charge in [0.05, 0.1) is 6.54 Å². The number of para-hydroxylation sites is 1. The second kappa shape index (κ2) is 7.13. The van der Waals surface area contributed by atoms with Crippen LogP contribution < -0.4 is 5.63 Å². The molecule has 0 bridgehead atoms. The molecule has 4 rings (SSSR count). The highest BCUT2D eigenvalue weighted by Gasteiger charge is 2.24. The SMILES string of the molecule is O=C(c1cc2ccccc2oc1=O)N1CCN(CCn2cccn2)CC1. The van der Waals surface area contributed by atoms with Crippen LogP contribution in [0.3, 0.4) is 0 Å². The summed E-state index contributed by atoms with van der Waals surface area (Å²) in [4.78, 5) is 29.0. The molecule has 3 heterocycles. The summed E-state index contributed by atoms with van der Waals surface area (Å²) in [5, 5.41) is 4.96. The molecule has 0 aliphatic carbocycles. The molecule has 1 fully saturated rings. The van der Waals surface area contributed by atoms with Gasteiger partial charge in [0.15, 0.2) is 0 Å². The second-order valence-electron chi connectivity index (χ2n) is 6.39. The van der Waals surface area contributed by atoms with Gasteiger partial charge >= 0.3 is 5.63 Å². The molecule has 0 unspecified atom stereocenters. The Morgan fingerprint density at radius 1 is 1.08 bits per heavy atom. The van der Waals surface area contributed by atoms with Gasteiger partial charge in [0.1, 0.15) is 11.1 Å². The second-order valence-corrected chi connectivity index (χ2v) is 6.39. The third-order valence-electron chi connectivity index (χ3n) is 4.74. The lowest BCUT2D eigenvalue weighted by atomic mass is 10.1. The summed E-state index contributed by atoms with van der Waals surface area (Å²) in [5.74, 6) is -0.253. The molecule has 1 saturated heterocycles. The average Bonchev–Trinajstić information content (AvgIpc) is 3.19. The lowest BCUT2D eigenvalue weighted by molar-refractivity contribution is 0.0628. The van der Waals surface area contributed by atoms with Crippen LogP contribution in [0.5, 0.6) is 0 Å². The van der Waals surface area contributed by atoms with E-state index in [1.54, 1.807) is 29.3 Å². The van der Waals surface area contributed by atoms with Crippen molar-refractivity contribution in [2.24, 2.45) is 0 Å². The van der Waals surface area contributed by atoms with E-state index < -0.39 is 5.63 Å². The molecule has 134 valence electrons. The molecule has 1 aliphatic rings. The van der Waals surface area contributed by atoms with Crippen molar-refractivity contribution in [1.82, 2.24) is 19.6 Å². The zero-order chi connectivity index (χ0) is 17.9. The van der Waals surface area contributed by atoms with E-state index >= 15 is 0 Å². The standard InChI is InChI=1S/C19H20N4O3/c24-18(16-14-15-4-1-2-5-17(15)26-19(16)25)22-11-8-21(9-12-22)10-13-23-7-3-6-20-23/h1-7,14H,8-13H2. The molecule has 0 radical (unpaired) electrons. The van der Waals surface area contributed by atoms with Gasteiger partial charge in [-0.15, -0.1) is 0 Å². The minimum absolute atomic E-state index is 0.105. The van der Waals surface area contributed by atoms with Crippen LogP contribution in [-0.2, 0) is 6.54 Å². The van der Waals surface area contributed by atoms with Crippen LogP contribution in [0.15, 0.2) is 58.0 Å². The quantitative estimate of drug-likeness (QED) is 0.665. The number of hydrogen-bond donors (Lipinski definition) is 0. The van der Waals surface area contributed by atoms with Gasteiger partial charge in [0.2, 0.25) is 0 Å². The number of benzene rings is 1. The number of nitrogens with zero attached hydrogens (tertiary/aromatic N) is 4. The van der Waals surface area contributed by atoms with E-state index in [2.05, 4.69) is 10.00 Å². The van der Waals surface area contributed by atoms with Crippen LogP contribution >= 0.6 is 0 Å². The predicted octanol–water partition coefficient (Wildman–Crippen LogP) is 1.45. The van der Waals surface area contributed by atoms with Crippen LogP contribution in [-0.4, -0.2) is 58.2 Å². The first-order chi connectivity index (χ1) is 12.7. The molecule has 1 aliphatic heterocycles. The van der Waals surface area contributed by atoms with Crippen molar-refractivity contribution < 1.29 is 9.21 Å². The zero-order valence-corrected chi connectivity index (χ0v) is 14.4. The fourth-order valence-electron chi connectivity index (χ4n) is 3.23. The Morgan fingerprint density at radius 2 is 1.88 bits per heavy atom. The van der Waals surface area contributed by atoms with Gasteiger partial charge in [-0.3, -0.25) is 14.4 Å². The first-order valence-corrected chi connectivity index (χ1v) is 8.73. The molecule has 7 nitrogen and oxygen atoms in total. The molecular weight excluding hydrogens is 332 g/mol. The normalized spacial score (nSPS) is 15.5. The fourth-order valence-corrected chi connectivity index (χ4v) is 3.23. The molecule has 0 atom stereocenters. The Kier molecular flexibility index (Phi) is 4.53. The maximum Gasteiger partial charge on any atom is 0.349 e. The van der Waals surface area contributed by atoms with Crippen LogP contribution in [0, 0.1) is 0 Å². The van der Waals surface area contributed by atoms with E-state index in [4.69, 9.17) is 4.42 Å². The third-order valence-corrected chi connectivity index (χ3v) is 4.74. The summed E-state index contributed by atoms with van der Waals surface area (Å²) in [6, 6.07) is 10.8. The summed E-state index contributed by atoms with van der Waals surface area (Å²) in [6.45, 7) is 4.49. The maximum atomic E-state index is 12.7. The monoisotopic (exact) mass is 352 g/mol. The van der Waals surface area contributed by atoms with Gasteiger partial charge in [-0.05, 0) is 18.2 Å². The Balaban J connectivity index is 1.40. The first-order valence-electron chi connectivity index (χ1n) is 8.73. The molecular formula is C19H20N4O3. The van der Waals surface area contributed by atoms with Gasteiger partial charge < -0.3 is 9.32 Å². The van der Waals surface area contributed by atoms with E-state index in [9.17, 15) is 9.59 Å². The van der Waals surface area contributed by atoms with Crippen LogP contribution in [0.4, 0.5) is 0 Å². The average molecular weight is 352 g/mol. The van der Waals surface area contributed by atoms with E-state index in [1.165, 1.54) is 0 Å². The Bertz CT molecular complexity index is 956. The molecule has 26 heavy (non-hydrogen) atoms. The Hall–Kier alpha value is -2.93. The third kappa shape index (κ3) is 3.39. The van der Waals surface area contributed by atoms with Crippen LogP contribution in [0.25, 0.3) is 11.0 Å². The minimum Gasteiger partial charge on any atom is -0.422 e. The zero-order valence-electron chi connectivity index (χ0n) is 14.4. The number of fused-ring (bicyclic) bond motifs is 1. The predicted molar refractivity (Wildman–Crippen MR) is 97.1 cm³/mol. The van der Waals surface area contributed by atoms with Gasteiger partial charge in [-0.25, -0.2) is 4.79 Å². The van der Waals surface area contributed by atoms with Gasteiger partial charge in [0, 0.05) is 50.5 Å². The number of carbonyl (C=O) groups excluding carboxylic acids is 1. The lowest BCUT2D eigenvalue weighted by Gasteiger charge is -2.34. The van der Waals surface area contributed by atoms with E-state index in [-0.39, 0.29) is 11.5 Å². The minimum atomic E-state index is -0.574. The topological polar surface area (TPSA) is 71.6 Å². The largest absolute Gasteiger partial charge is 0.422 e. The van der Waals surface area contributed by atoms with Gasteiger partial charge in [0.25, 0.3) is 5.91 Å². The number of piperazine rings is 1. The van der Waals surface area contributed by atoms with Gasteiger partial charge in [-0.2, -0.15) is 5.10 Å². The number of amides is 1. The van der Waals surface area contributed by atoms with E-state index in [1.807, 2.05) is 29.1 Å². The number of carbonyl (C=O) groups is 1. The van der Waals surface area contributed by atoms with Crippen molar-refractivity contribution in [2.75, 3.05) is 32.7 Å². The summed E-state index contributed by atoms with van der Waals surface area (Å²) in [6.07, 6.45) is 3.71. The molecule has 3 aromatic rings. The fraction of sp³-hybridized carbons (Fsp3) is 0.316. The summed E-state index contributed by atoms with van der Waals surface area (Å²) >= 11 is 0. The molecule has 2 aromatic heterocycles. The molecule has 7 heteroatoms. The first kappa shape index (κ1) is 16.5. The van der Waals surface area contributed by atoms with Crippen molar-refractivity contribution in [1.29, 1.82) is 0 Å². The summed E-state index contributed by atoms with van der Waals surface area (Å²) in [7, 11) is 0. The lowest BCUT2D eigenvalue weighted by Crippen LogP contribution is -2.50. The summed E-state index contributed by atoms with van der Waals surface area (Å²) < 4.78 is 7.18. The molecule has 0 saturated carbocycles. The molecule has 1 amide bonds. The highest BCUT2D eigenvalue weighted by Crippen LogP contribution is 2.14. The highest BCUT2D eigenvalue weighted by atomic mass is 16.4. The van der Waals surface area contributed by atoms with Crippen molar-refractivity contribution in [3.63, 3.8) is 0 Å².